The number of rotatable bonds is 3. The zero-order valence-electron chi connectivity index (χ0n) is 10.6. The normalized spacial score (nSPS) is 22.8. The van der Waals surface area contributed by atoms with Crippen LogP contribution in [0.15, 0.2) is 6.07 Å². The van der Waals surface area contributed by atoms with E-state index >= 15 is 0 Å². The molecule has 0 aliphatic carbocycles. The van der Waals surface area contributed by atoms with Gasteiger partial charge in [-0.3, -0.25) is 0 Å². The van der Waals surface area contributed by atoms with Gasteiger partial charge in [0.2, 0.25) is 5.95 Å². The quantitative estimate of drug-likeness (QED) is 0.867. The first-order chi connectivity index (χ1) is 8.44. The van der Waals surface area contributed by atoms with Crippen LogP contribution in [0, 0.1) is 13.8 Å². The summed E-state index contributed by atoms with van der Waals surface area (Å²) >= 11 is 0. The largest absolute Gasteiger partial charge is 0.353 e. The van der Waals surface area contributed by atoms with Gasteiger partial charge in [0.15, 0.2) is 0 Å². The van der Waals surface area contributed by atoms with E-state index in [1.807, 2.05) is 19.9 Å². The second kappa shape index (κ2) is 5.14. The standard InChI is InChI=1S/C12H18F2N4/c1-8-5-9(2)18-11(17-8)16-7-10-6-12(13,14)3-4-15-10/h5,10,15H,3-4,6-7H2,1-2H3,(H,16,17,18). The monoisotopic (exact) mass is 256 g/mol. The molecule has 1 unspecified atom stereocenters. The summed E-state index contributed by atoms with van der Waals surface area (Å²) in [6.45, 7) is 4.53. The van der Waals surface area contributed by atoms with E-state index in [0.717, 1.165) is 11.4 Å². The number of nitrogens with zero attached hydrogens (tertiary/aromatic N) is 2. The highest BCUT2D eigenvalue weighted by Crippen LogP contribution is 2.27. The molecule has 0 bridgehead atoms. The van der Waals surface area contributed by atoms with Crippen molar-refractivity contribution in [2.45, 2.75) is 38.7 Å². The van der Waals surface area contributed by atoms with Gasteiger partial charge in [-0.25, -0.2) is 18.7 Å². The number of alkyl halides is 2. The molecule has 1 aromatic heterocycles. The van der Waals surface area contributed by atoms with Gasteiger partial charge in [-0.15, -0.1) is 0 Å². The second-order valence-corrected chi connectivity index (χ2v) is 4.82. The molecule has 1 fully saturated rings. The predicted octanol–water partition coefficient (Wildman–Crippen LogP) is 1.89. The van der Waals surface area contributed by atoms with Crippen molar-refractivity contribution >= 4 is 5.95 Å². The van der Waals surface area contributed by atoms with Crippen molar-refractivity contribution in [3.05, 3.63) is 17.5 Å². The van der Waals surface area contributed by atoms with Gasteiger partial charge in [0, 0.05) is 43.4 Å². The fourth-order valence-electron chi connectivity index (χ4n) is 2.16. The molecule has 1 atom stereocenters. The maximum absolute atomic E-state index is 13.2. The Bertz CT molecular complexity index is 402. The lowest BCUT2D eigenvalue weighted by molar-refractivity contribution is -0.0394. The third-order valence-corrected chi connectivity index (χ3v) is 2.96. The molecule has 2 N–H and O–H groups in total. The second-order valence-electron chi connectivity index (χ2n) is 4.82. The first-order valence-corrected chi connectivity index (χ1v) is 6.12. The van der Waals surface area contributed by atoms with Crippen molar-refractivity contribution < 1.29 is 8.78 Å². The molecule has 1 aliphatic rings. The van der Waals surface area contributed by atoms with Crippen LogP contribution in [0.1, 0.15) is 24.2 Å². The van der Waals surface area contributed by atoms with Crippen LogP contribution in [0.25, 0.3) is 0 Å². The fourth-order valence-corrected chi connectivity index (χ4v) is 2.16. The molecule has 0 saturated carbocycles. The maximum atomic E-state index is 13.2. The Morgan fingerprint density at radius 1 is 1.39 bits per heavy atom. The Balaban J connectivity index is 1.91. The Kier molecular flexibility index (Phi) is 3.75. The van der Waals surface area contributed by atoms with Crippen LogP contribution in [0.2, 0.25) is 0 Å². The van der Waals surface area contributed by atoms with E-state index in [1.165, 1.54) is 0 Å². The van der Waals surface area contributed by atoms with Crippen molar-refractivity contribution in [2.24, 2.45) is 0 Å². The van der Waals surface area contributed by atoms with Crippen LogP contribution >= 0.6 is 0 Å². The molecular formula is C12H18F2N4. The van der Waals surface area contributed by atoms with Crippen LogP contribution < -0.4 is 10.6 Å². The number of anilines is 1. The molecule has 0 radical (unpaired) electrons. The van der Waals surface area contributed by atoms with Crippen molar-refractivity contribution in [1.29, 1.82) is 0 Å². The number of nitrogens with one attached hydrogen (secondary N) is 2. The van der Waals surface area contributed by atoms with Gasteiger partial charge in [-0.1, -0.05) is 0 Å². The van der Waals surface area contributed by atoms with E-state index in [-0.39, 0.29) is 18.9 Å². The van der Waals surface area contributed by atoms with E-state index in [2.05, 4.69) is 20.6 Å². The number of piperidine rings is 1. The Hall–Kier alpha value is -1.30. The van der Waals surface area contributed by atoms with Crippen molar-refractivity contribution in [1.82, 2.24) is 15.3 Å². The summed E-state index contributed by atoms with van der Waals surface area (Å²) in [5.74, 6) is -2.05. The van der Waals surface area contributed by atoms with Gasteiger partial charge in [-0.2, -0.15) is 0 Å². The summed E-state index contributed by atoms with van der Waals surface area (Å²) in [6.07, 6.45) is -0.214. The molecule has 100 valence electrons. The Morgan fingerprint density at radius 3 is 2.67 bits per heavy atom. The molecule has 0 spiro atoms. The average molecular weight is 256 g/mol. The maximum Gasteiger partial charge on any atom is 0.250 e. The van der Waals surface area contributed by atoms with E-state index in [9.17, 15) is 8.78 Å². The Morgan fingerprint density at radius 2 is 2.06 bits per heavy atom. The van der Waals surface area contributed by atoms with Crippen molar-refractivity contribution in [2.75, 3.05) is 18.4 Å². The lowest BCUT2D eigenvalue weighted by Crippen LogP contribution is -2.47. The predicted molar refractivity (Wildman–Crippen MR) is 66.0 cm³/mol. The summed E-state index contributed by atoms with van der Waals surface area (Å²) < 4.78 is 26.4. The van der Waals surface area contributed by atoms with E-state index < -0.39 is 5.92 Å². The van der Waals surface area contributed by atoms with Gasteiger partial charge < -0.3 is 10.6 Å². The first-order valence-electron chi connectivity index (χ1n) is 6.12. The van der Waals surface area contributed by atoms with Gasteiger partial charge in [0.05, 0.1) is 0 Å². The number of aromatic nitrogens is 2. The summed E-state index contributed by atoms with van der Waals surface area (Å²) in [5, 5.41) is 6.09. The minimum Gasteiger partial charge on any atom is -0.353 e. The highest BCUT2D eigenvalue weighted by Gasteiger charge is 2.35. The first kappa shape index (κ1) is 13.1. The molecule has 1 aliphatic heterocycles. The van der Waals surface area contributed by atoms with Crippen LogP contribution in [0.4, 0.5) is 14.7 Å². The lowest BCUT2D eigenvalue weighted by Gasteiger charge is -2.30. The number of hydrogen-bond acceptors (Lipinski definition) is 4. The SMILES string of the molecule is Cc1cc(C)nc(NCC2CC(F)(F)CCN2)n1. The van der Waals surface area contributed by atoms with Gasteiger partial charge in [0.25, 0.3) is 5.92 Å². The number of halogens is 2. The molecule has 6 heteroatoms. The summed E-state index contributed by atoms with van der Waals surface area (Å²) in [6, 6.07) is 1.64. The minimum absolute atomic E-state index is 0.0798. The minimum atomic E-state index is -2.55. The van der Waals surface area contributed by atoms with Gasteiger partial charge in [0.1, 0.15) is 0 Å². The van der Waals surface area contributed by atoms with Crippen LogP contribution in [0.5, 0.6) is 0 Å². The zero-order valence-corrected chi connectivity index (χ0v) is 10.6. The molecule has 1 saturated heterocycles. The van der Waals surface area contributed by atoms with Crippen LogP contribution in [-0.2, 0) is 0 Å². The summed E-state index contributed by atoms with van der Waals surface area (Å²) in [5.41, 5.74) is 1.74. The van der Waals surface area contributed by atoms with Crippen LogP contribution in [0.3, 0.4) is 0 Å². The summed E-state index contributed by atoms with van der Waals surface area (Å²) in [4.78, 5) is 8.43. The third-order valence-electron chi connectivity index (χ3n) is 2.96. The van der Waals surface area contributed by atoms with Gasteiger partial charge in [-0.05, 0) is 19.9 Å². The van der Waals surface area contributed by atoms with Gasteiger partial charge >= 0.3 is 0 Å². The molecule has 0 aromatic carbocycles. The van der Waals surface area contributed by atoms with Crippen molar-refractivity contribution in [3.8, 4) is 0 Å². The molecular weight excluding hydrogens is 238 g/mol. The smallest absolute Gasteiger partial charge is 0.250 e. The molecule has 1 aromatic rings. The average Bonchev–Trinajstić information content (AvgIpc) is 2.24. The highest BCUT2D eigenvalue weighted by molar-refractivity contribution is 5.27. The van der Waals surface area contributed by atoms with Crippen LogP contribution in [-0.4, -0.2) is 35.0 Å². The Labute approximate surface area is 105 Å². The molecule has 18 heavy (non-hydrogen) atoms. The van der Waals surface area contributed by atoms with E-state index in [1.54, 1.807) is 0 Å². The molecule has 0 amide bonds. The van der Waals surface area contributed by atoms with E-state index in [4.69, 9.17) is 0 Å². The number of aryl methyl sites for hydroxylation is 2. The fraction of sp³-hybridized carbons (Fsp3) is 0.667. The highest BCUT2D eigenvalue weighted by atomic mass is 19.3. The molecule has 4 nitrogen and oxygen atoms in total. The molecule has 2 rings (SSSR count). The summed E-state index contributed by atoms with van der Waals surface area (Å²) in [7, 11) is 0. The molecule has 2 heterocycles. The number of hydrogen-bond donors (Lipinski definition) is 2. The zero-order chi connectivity index (χ0) is 13.2. The lowest BCUT2D eigenvalue weighted by atomic mass is 10.0. The third kappa shape index (κ3) is 3.60. The van der Waals surface area contributed by atoms with E-state index in [0.29, 0.717) is 19.0 Å². The van der Waals surface area contributed by atoms with Crippen molar-refractivity contribution in [3.63, 3.8) is 0 Å². The topological polar surface area (TPSA) is 49.8 Å².